The Morgan fingerprint density at radius 3 is 2.62 bits per heavy atom. The molecule has 0 radical (unpaired) electrons. The molecule has 0 aromatic carbocycles. The highest BCUT2D eigenvalue weighted by atomic mass is 16.5. The second kappa shape index (κ2) is 9.33. The number of esters is 1. The molecule has 0 spiro atoms. The minimum atomic E-state index is -0.745. The van der Waals surface area contributed by atoms with E-state index in [9.17, 15) is 14.4 Å². The molecule has 26 heavy (non-hydrogen) atoms. The van der Waals surface area contributed by atoms with E-state index >= 15 is 0 Å². The molecule has 1 N–H and O–H groups in total. The summed E-state index contributed by atoms with van der Waals surface area (Å²) in [5.74, 6) is -0.151. The first-order valence-corrected chi connectivity index (χ1v) is 8.68. The van der Waals surface area contributed by atoms with Crippen LogP contribution in [0.1, 0.15) is 20.3 Å². The molecule has 0 saturated carbocycles. The van der Waals surface area contributed by atoms with Gasteiger partial charge in [0.15, 0.2) is 0 Å². The Kier molecular flexibility index (Phi) is 7.14. The fraction of sp³-hybridized carbons (Fsp3) is 0.647. The predicted octanol–water partition coefficient (Wildman–Crippen LogP) is -0.216. The Balaban J connectivity index is 2.07. The number of hydrogen-bond acceptors (Lipinski definition) is 7. The SMILES string of the molecule is COC(=O)C(CC(C)C)NC(=O)Cn1nc(N2CCOCC2)ccc1=O. The number of aromatic nitrogens is 2. The number of carbonyl (C=O) groups is 2. The molecule has 1 aromatic heterocycles. The summed E-state index contributed by atoms with van der Waals surface area (Å²) < 4.78 is 11.1. The first-order valence-electron chi connectivity index (χ1n) is 8.68. The number of carbonyl (C=O) groups excluding carboxylic acids is 2. The number of morpholine rings is 1. The molecule has 144 valence electrons. The summed E-state index contributed by atoms with van der Waals surface area (Å²) in [6.07, 6.45) is 0.453. The van der Waals surface area contributed by atoms with Gasteiger partial charge in [-0.1, -0.05) is 13.8 Å². The molecule has 2 rings (SSSR count). The maximum Gasteiger partial charge on any atom is 0.328 e. The van der Waals surface area contributed by atoms with Crippen molar-refractivity contribution in [3.63, 3.8) is 0 Å². The van der Waals surface area contributed by atoms with Gasteiger partial charge in [0.05, 0.1) is 20.3 Å². The first kappa shape index (κ1) is 19.9. The molecule has 1 aromatic rings. The molecule has 1 aliphatic heterocycles. The van der Waals surface area contributed by atoms with E-state index in [0.717, 1.165) is 4.68 Å². The Morgan fingerprint density at radius 1 is 1.31 bits per heavy atom. The van der Waals surface area contributed by atoms with Crippen molar-refractivity contribution in [2.24, 2.45) is 5.92 Å². The Bertz CT molecular complexity index is 682. The van der Waals surface area contributed by atoms with E-state index in [2.05, 4.69) is 10.4 Å². The van der Waals surface area contributed by atoms with Crippen molar-refractivity contribution < 1.29 is 19.1 Å². The Labute approximate surface area is 152 Å². The smallest absolute Gasteiger partial charge is 0.328 e. The average molecular weight is 366 g/mol. The molecule has 1 amide bonds. The number of nitrogens with zero attached hydrogens (tertiary/aromatic N) is 3. The molecular formula is C17H26N4O5. The lowest BCUT2D eigenvalue weighted by molar-refractivity contribution is -0.145. The van der Waals surface area contributed by atoms with Crippen LogP contribution in [0.25, 0.3) is 0 Å². The van der Waals surface area contributed by atoms with Crippen molar-refractivity contribution in [1.29, 1.82) is 0 Å². The lowest BCUT2D eigenvalue weighted by atomic mass is 10.0. The first-order chi connectivity index (χ1) is 12.4. The lowest BCUT2D eigenvalue weighted by Gasteiger charge is -2.27. The summed E-state index contributed by atoms with van der Waals surface area (Å²) in [7, 11) is 1.28. The van der Waals surface area contributed by atoms with Crippen molar-refractivity contribution in [2.75, 3.05) is 38.3 Å². The predicted molar refractivity (Wildman–Crippen MR) is 94.9 cm³/mol. The van der Waals surface area contributed by atoms with Crippen LogP contribution < -0.4 is 15.8 Å². The third kappa shape index (κ3) is 5.55. The highest BCUT2D eigenvalue weighted by Crippen LogP contribution is 2.10. The number of nitrogens with one attached hydrogen (secondary N) is 1. The van der Waals surface area contributed by atoms with Crippen molar-refractivity contribution in [3.05, 3.63) is 22.5 Å². The number of anilines is 1. The quantitative estimate of drug-likeness (QED) is 0.666. The van der Waals surface area contributed by atoms with Crippen LogP contribution in [0.2, 0.25) is 0 Å². The summed E-state index contributed by atoms with van der Waals surface area (Å²) in [5, 5.41) is 6.89. The fourth-order valence-corrected chi connectivity index (χ4v) is 2.72. The van der Waals surface area contributed by atoms with Crippen LogP contribution in [-0.4, -0.2) is 61.1 Å². The Morgan fingerprint density at radius 2 is 2.00 bits per heavy atom. The normalized spacial score (nSPS) is 15.6. The number of hydrogen-bond donors (Lipinski definition) is 1. The van der Waals surface area contributed by atoms with Gasteiger partial charge in [-0.15, -0.1) is 0 Å². The minimum absolute atomic E-state index is 0.199. The van der Waals surface area contributed by atoms with Crippen LogP contribution >= 0.6 is 0 Å². The monoisotopic (exact) mass is 366 g/mol. The van der Waals surface area contributed by atoms with Gasteiger partial charge in [0.25, 0.3) is 5.56 Å². The molecule has 0 aliphatic carbocycles. The van der Waals surface area contributed by atoms with Crippen LogP contribution in [-0.2, 0) is 25.6 Å². The minimum Gasteiger partial charge on any atom is -0.467 e. The van der Waals surface area contributed by atoms with E-state index in [1.807, 2.05) is 18.7 Å². The van der Waals surface area contributed by atoms with Crippen molar-refractivity contribution in [2.45, 2.75) is 32.9 Å². The van der Waals surface area contributed by atoms with E-state index in [-0.39, 0.29) is 18.0 Å². The number of methoxy groups -OCH3 is 1. The fourth-order valence-electron chi connectivity index (χ4n) is 2.72. The zero-order valence-electron chi connectivity index (χ0n) is 15.4. The zero-order valence-corrected chi connectivity index (χ0v) is 15.4. The molecule has 1 atom stereocenters. The number of ether oxygens (including phenoxy) is 2. The van der Waals surface area contributed by atoms with Gasteiger partial charge < -0.3 is 19.7 Å². The summed E-state index contributed by atoms with van der Waals surface area (Å²) in [4.78, 5) is 38.2. The number of rotatable bonds is 7. The molecule has 1 fully saturated rings. The second-order valence-corrected chi connectivity index (χ2v) is 6.56. The summed E-state index contributed by atoms with van der Waals surface area (Å²) in [6, 6.07) is 2.28. The molecule has 1 unspecified atom stereocenters. The molecule has 9 nitrogen and oxygen atoms in total. The zero-order chi connectivity index (χ0) is 19.1. The van der Waals surface area contributed by atoms with Gasteiger partial charge in [0.1, 0.15) is 18.4 Å². The molecule has 1 aliphatic rings. The topological polar surface area (TPSA) is 103 Å². The van der Waals surface area contributed by atoms with Gasteiger partial charge in [0, 0.05) is 19.2 Å². The maximum atomic E-state index is 12.3. The van der Waals surface area contributed by atoms with Crippen LogP contribution in [0.5, 0.6) is 0 Å². The van der Waals surface area contributed by atoms with Crippen molar-refractivity contribution in [3.8, 4) is 0 Å². The largest absolute Gasteiger partial charge is 0.467 e. The average Bonchev–Trinajstić information content (AvgIpc) is 2.62. The molecule has 1 saturated heterocycles. The maximum absolute atomic E-state index is 12.3. The second-order valence-electron chi connectivity index (χ2n) is 6.56. The van der Waals surface area contributed by atoms with Gasteiger partial charge in [-0.25, -0.2) is 9.48 Å². The molecular weight excluding hydrogens is 340 g/mol. The molecule has 9 heteroatoms. The van der Waals surface area contributed by atoms with Gasteiger partial charge >= 0.3 is 5.97 Å². The van der Waals surface area contributed by atoms with E-state index in [1.54, 1.807) is 6.07 Å². The third-order valence-electron chi connectivity index (χ3n) is 4.01. The standard InChI is InChI=1S/C17H26N4O5/c1-12(2)10-13(17(24)25-3)18-15(22)11-21-16(23)5-4-14(19-21)20-6-8-26-9-7-20/h4-5,12-13H,6-11H2,1-3H3,(H,18,22). The van der Waals surface area contributed by atoms with E-state index in [1.165, 1.54) is 13.2 Å². The van der Waals surface area contributed by atoms with E-state index in [0.29, 0.717) is 38.5 Å². The number of amides is 1. The van der Waals surface area contributed by atoms with Crippen LogP contribution in [0.3, 0.4) is 0 Å². The van der Waals surface area contributed by atoms with Crippen LogP contribution in [0.15, 0.2) is 16.9 Å². The highest BCUT2D eigenvalue weighted by molar-refractivity contribution is 5.84. The summed E-state index contributed by atoms with van der Waals surface area (Å²) >= 11 is 0. The van der Waals surface area contributed by atoms with E-state index in [4.69, 9.17) is 9.47 Å². The Hall–Kier alpha value is -2.42. The summed E-state index contributed by atoms with van der Waals surface area (Å²) in [6.45, 7) is 6.17. The molecule has 2 heterocycles. The van der Waals surface area contributed by atoms with Gasteiger partial charge in [-0.2, -0.15) is 5.10 Å². The van der Waals surface area contributed by atoms with Crippen molar-refractivity contribution in [1.82, 2.24) is 15.1 Å². The third-order valence-corrected chi connectivity index (χ3v) is 4.01. The van der Waals surface area contributed by atoms with Crippen LogP contribution in [0.4, 0.5) is 5.82 Å². The lowest BCUT2D eigenvalue weighted by Crippen LogP contribution is -2.45. The van der Waals surface area contributed by atoms with Crippen molar-refractivity contribution >= 4 is 17.7 Å². The summed E-state index contributed by atoms with van der Waals surface area (Å²) in [5.41, 5.74) is -0.379. The highest BCUT2D eigenvalue weighted by Gasteiger charge is 2.23. The van der Waals surface area contributed by atoms with Gasteiger partial charge in [-0.05, 0) is 18.4 Å². The van der Waals surface area contributed by atoms with Crippen LogP contribution in [0, 0.1) is 5.92 Å². The molecule has 0 bridgehead atoms. The van der Waals surface area contributed by atoms with Gasteiger partial charge in [0.2, 0.25) is 5.91 Å². The van der Waals surface area contributed by atoms with Gasteiger partial charge in [-0.3, -0.25) is 9.59 Å². The van der Waals surface area contributed by atoms with E-state index < -0.39 is 17.9 Å².